The van der Waals surface area contributed by atoms with Crippen LogP contribution >= 0.6 is 11.8 Å². The normalized spacial score (nSPS) is 17.4. The second-order valence-corrected chi connectivity index (χ2v) is 11.8. The van der Waals surface area contributed by atoms with Crippen molar-refractivity contribution >= 4 is 27.5 Å². The second-order valence-electron chi connectivity index (χ2n) is 8.68. The van der Waals surface area contributed by atoms with Gasteiger partial charge in [0.2, 0.25) is 5.91 Å². The summed E-state index contributed by atoms with van der Waals surface area (Å²) in [5.74, 6) is 1.16. The van der Waals surface area contributed by atoms with Gasteiger partial charge in [0.25, 0.3) is 5.22 Å². The van der Waals surface area contributed by atoms with Gasteiger partial charge in [0.15, 0.2) is 15.6 Å². The fourth-order valence-electron chi connectivity index (χ4n) is 4.01. The zero-order valence-corrected chi connectivity index (χ0v) is 20.4. The fraction of sp³-hybridized carbons (Fsp3) is 0.360. The molecule has 1 amide bonds. The lowest BCUT2D eigenvalue weighted by Crippen LogP contribution is -2.44. The average molecular weight is 485 g/mol. The van der Waals surface area contributed by atoms with E-state index in [0.29, 0.717) is 23.9 Å². The molecule has 0 N–H and O–H groups in total. The molecule has 0 bridgehead atoms. The minimum Gasteiger partial charge on any atom is -0.431 e. The summed E-state index contributed by atoms with van der Waals surface area (Å²) in [6.45, 7) is 4.60. The lowest BCUT2D eigenvalue weighted by atomic mass is 10.1. The summed E-state index contributed by atoms with van der Waals surface area (Å²) in [5.41, 5.74) is 2.59. The van der Waals surface area contributed by atoms with Gasteiger partial charge in [-0.1, -0.05) is 86.3 Å². The monoisotopic (exact) mass is 484 g/mol. The average Bonchev–Trinajstić information content (AvgIpc) is 3.40. The molecule has 1 aliphatic heterocycles. The van der Waals surface area contributed by atoms with Crippen molar-refractivity contribution in [1.82, 2.24) is 9.88 Å². The number of sulfone groups is 1. The number of thioether (sulfide) groups is 1. The molecule has 4 rings (SSSR count). The Balaban J connectivity index is 1.55. The number of hydrogen-bond donors (Lipinski definition) is 0. The van der Waals surface area contributed by atoms with Crippen molar-refractivity contribution in [2.24, 2.45) is 5.92 Å². The van der Waals surface area contributed by atoms with E-state index in [1.54, 1.807) is 4.90 Å². The summed E-state index contributed by atoms with van der Waals surface area (Å²) in [6, 6.07) is 19.3. The van der Waals surface area contributed by atoms with E-state index in [4.69, 9.17) is 9.40 Å². The maximum Gasteiger partial charge on any atom is 0.257 e. The standard InChI is InChI=1S/C25H28N2O4S2/c1-18(2)15-27(21-13-14-33(29,30)17-21)22(28)16-32-25-26-23(19-9-5-3-6-10-19)24(31-25)20-11-7-4-8-12-20/h3-12,18,21H,13-17H2,1-2H3/t21-/m0/s1. The molecule has 1 saturated heterocycles. The van der Waals surface area contributed by atoms with E-state index in [9.17, 15) is 13.2 Å². The number of carbonyl (C=O) groups excluding carboxylic acids is 1. The minimum atomic E-state index is -3.07. The van der Waals surface area contributed by atoms with E-state index in [1.165, 1.54) is 11.8 Å². The van der Waals surface area contributed by atoms with Crippen LogP contribution in [0.3, 0.4) is 0 Å². The number of rotatable bonds is 8. The number of carbonyl (C=O) groups is 1. The molecular formula is C25H28N2O4S2. The van der Waals surface area contributed by atoms with Gasteiger partial charge in [0.1, 0.15) is 5.69 Å². The number of oxazole rings is 1. The molecule has 1 atom stereocenters. The third-order valence-electron chi connectivity index (χ3n) is 5.54. The van der Waals surface area contributed by atoms with Crippen molar-refractivity contribution in [3.05, 3.63) is 60.7 Å². The second kappa shape index (κ2) is 10.1. The van der Waals surface area contributed by atoms with Gasteiger partial charge in [-0.25, -0.2) is 13.4 Å². The molecule has 2 aromatic carbocycles. The van der Waals surface area contributed by atoms with Crippen molar-refractivity contribution in [2.75, 3.05) is 23.8 Å². The Kier molecular flexibility index (Phi) is 7.24. The Bertz CT molecular complexity index is 1130. The first-order valence-electron chi connectivity index (χ1n) is 11.1. The first-order chi connectivity index (χ1) is 15.8. The SMILES string of the molecule is CC(C)CN(C(=O)CSc1nc(-c2ccccc2)c(-c2ccccc2)o1)[C@H]1CCS(=O)(=O)C1. The molecule has 1 aromatic heterocycles. The molecule has 1 aliphatic rings. The first-order valence-corrected chi connectivity index (χ1v) is 13.9. The summed E-state index contributed by atoms with van der Waals surface area (Å²) in [7, 11) is -3.07. The highest BCUT2D eigenvalue weighted by Gasteiger charge is 2.35. The van der Waals surface area contributed by atoms with Crippen LogP contribution in [-0.4, -0.2) is 54.1 Å². The predicted octanol–water partition coefficient (Wildman–Crippen LogP) is 4.77. The van der Waals surface area contributed by atoms with E-state index < -0.39 is 9.84 Å². The Morgan fingerprint density at radius 2 is 1.73 bits per heavy atom. The molecule has 0 aliphatic carbocycles. The summed E-state index contributed by atoms with van der Waals surface area (Å²) in [4.78, 5) is 19.6. The summed E-state index contributed by atoms with van der Waals surface area (Å²) >= 11 is 1.25. The summed E-state index contributed by atoms with van der Waals surface area (Å²) in [5, 5.41) is 0.421. The molecule has 1 fully saturated rings. The van der Waals surface area contributed by atoms with Crippen LogP contribution in [0.1, 0.15) is 20.3 Å². The van der Waals surface area contributed by atoms with Crippen LogP contribution < -0.4 is 0 Å². The molecule has 2 heterocycles. The van der Waals surface area contributed by atoms with Gasteiger partial charge < -0.3 is 9.32 Å². The molecule has 174 valence electrons. The van der Waals surface area contributed by atoms with Gasteiger partial charge in [0.05, 0.1) is 17.3 Å². The Morgan fingerprint density at radius 3 is 2.30 bits per heavy atom. The number of amides is 1. The zero-order valence-electron chi connectivity index (χ0n) is 18.8. The highest BCUT2D eigenvalue weighted by Crippen LogP contribution is 2.35. The van der Waals surface area contributed by atoms with Crippen molar-refractivity contribution < 1.29 is 17.6 Å². The van der Waals surface area contributed by atoms with Crippen LogP contribution in [-0.2, 0) is 14.6 Å². The quantitative estimate of drug-likeness (QED) is 0.429. The van der Waals surface area contributed by atoms with Crippen LogP contribution in [0.5, 0.6) is 0 Å². The van der Waals surface area contributed by atoms with Crippen molar-refractivity contribution in [2.45, 2.75) is 31.5 Å². The van der Waals surface area contributed by atoms with E-state index >= 15 is 0 Å². The van der Waals surface area contributed by atoms with Crippen molar-refractivity contribution in [1.29, 1.82) is 0 Å². The molecule has 3 aromatic rings. The third-order valence-corrected chi connectivity index (χ3v) is 8.10. The van der Waals surface area contributed by atoms with Gasteiger partial charge in [-0.15, -0.1) is 0 Å². The molecule has 0 spiro atoms. The Morgan fingerprint density at radius 1 is 1.09 bits per heavy atom. The molecule has 0 saturated carbocycles. The van der Waals surface area contributed by atoms with E-state index in [1.807, 2.05) is 74.5 Å². The third kappa shape index (κ3) is 5.86. The molecule has 8 heteroatoms. The van der Waals surface area contributed by atoms with E-state index in [-0.39, 0.29) is 35.1 Å². The molecular weight excluding hydrogens is 456 g/mol. The molecule has 6 nitrogen and oxygen atoms in total. The number of benzene rings is 2. The number of hydrogen-bond acceptors (Lipinski definition) is 6. The van der Waals surface area contributed by atoms with Crippen LogP contribution in [0, 0.1) is 5.92 Å². The Hall–Kier alpha value is -2.58. The minimum absolute atomic E-state index is 0.0471. The summed E-state index contributed by atoms with van der Waals surface area (Å²) in [6.07, 6.45) is 0.501. The topological polar surface area (TPSA) is 80.5 Å². The van der Waals surface area contributed by atoms with Crippen LogP contribution in [0.4, 0.5) is 0 Å². The highest BCUT2D eigenvalue weighted by molar-refractivity contribution is 7.99. The number of aromatic nitrogens is 1. The molecule has 0 unspecified atom stereocenters. The van der Waals surface area contributed by atoms with Crippen LogP contribution in [0.25, 0.3) is 22.6 Å². The van der Waals surface area contributed by atoms with Crippen LogP contribution in [0.2, 0.25) is 0 Å². The van der Waals surface area contributed by atoms with Gasteiger partial charge in [-0.05, 0) is 12.3 Å². The first kappa shape index (κ1) is 23.6. The van der Waals surface area contributed by atoms with E-state index in [2.05, 4.69) is 0 Å². The predicted molar refractivity (Wildman–Crippen MR) is 132 cm³/mol. The largest absolute Gasteiger partial charge is 0.431 e. The number of nitrogens with zero attached hydrogens (tertiary/aromatic N) is 2. The highest BCUT2D eigenvalue weighted by atomic mass is 32.2. The Labute approximate surface area is 199 Å². The van der Waals surface area contributed by atoms with Gasteiger partial charge in [-0.2, -0.15) is 0 Å². The van der Waals surface area contributed by atoms with Crippen molar-refractivity contribution in [3.63, 3.8) is 0 Å². The molecule has 0 radical (unpaired) electrons. The molecule has 33 heavy (non-hydrogen) atoms. The van der Waals surface area contributed by atoms with Crippen LogP contribution in [0.15, 0.2) is 70.3 Å². The zero-order chi connectivity index (χ0) is 23.4. The lowest BCUT2D eigenvalue weighted by Gasteiger charge is -2.29. The van der Waals surface area contributed by atoms with Crippen molar-refractivity contribution in [3.8, 4) is 22.6 Å². The van der Waals surface area contributed by atoms with Gasteiger partial charge in [-0.3, -0.25) is 4.79 Å². The maximum absolute atomic E-state index is 13.1. The van der Waals surface area contributed by atoms with E-state index in [0.717, 1.165) is 16.8 Å². The van der Waals surface area contributed by atoms with Gasteiger partial charge >= 0.3 is 0 Å². The lowest BCUT2D eigenvalue weighted by molar-refractivity contribution is -0.130. The smallest absolute Gasteiger partial charge is 0.257 e. The van der Waals surface area contributed by atoms with Gasteiger partial charge in [0, 0.05) is 23.7 Å². The fourth-order valence-corrected chi connectivity index (χ4v) is 6.46. The summed E-state index contributed by atoms with van der Waals surface area (Å²) < 4.78 is 30.1. The maximum atomic E-state index is 13.1.